The van der Waals surface area contributed by atoms with E-state index in [4.69, 9.17) is 10.2 Å². The Morgan fingerprint density at radius 3 is 2.33 bits per heavy atom. The number of phenols is 1. The average Bonchev–Trinajstić information content (AvgIpc) is 2.40. The lowest BCUT2D eigenvalue weighted by Gasteiger charge is -2.08. The van der Waals surface area contributed by atoms with Gasteiger partial charge in [-0.15, -0.1) is 0 Å². The molecule has 108 valence electrons. The number of carbonyl (C=O) groups is 2. The highest BCUT2D eigenvalue weighted by Gasteiger charge is 2.15. The molecule has 0 radical (unpaired) electrons. The minimum Gasteiger partial charge on any atom is -0.508 e. The van der Waals surface area contributed by atoms with Crippen LogP contribution in [-0.2, 0) is 0 Å². The molecule has 0 aromatic heterocycles. The number of carboxylic acid groups (broad SMARTS) is 1. The summed E-state index contributed by atoms with van der Waals surface area (Å²) >= 11 is 0. The van der Waals surface area contributed by atoms with Crippen LogP contribution in [0.5, 0.6) is 5.75 Å². The quantitative estimate of drug-likeness (QED) is 0.812. The molecule has 2 aromatic carbocycles. The van der Waals surface area contributed by atoms with Gasteiger partial charge in [-0.2, -0.15) is 0 Å². The molecule has 0 aliphatic rings. The van der Waals surface area contributed by atoms with E-state index < -0.39 is 29.1 Å². The second kappa shape index (κ2) is 5.58. The van der Waals surface area contributed by atoms with Crippen LogP contribution in [0, 0.1) is 11.6 Å². The molecule has 0 saturated carbocycles. The van der Waals surface area contributed by atoms with Crippen molar-refractivity contribution in [1.82, 2.24) is 0 Å². The van der Waals surface area contributed by atoms with Crippen LogP contribution < -0.4 is 5.32 Å². The van der Waals surface area contributed by atoms with Crippen molar-refractivity contribution in [2.24, 2.45) is 0 Å². The summed E-state index contributed by atoms with van der Waals surface area (Å²) in [7, 11) is 0. The van der Waals surface area contributed by atoms with Gasteiger partial charge < -0.3 is 15.5 Å². The van der Waals surface area contributed by atoms with E-state index in [1.807, 2.05) is 0 Å². The van der Waals surface area contributed by atoms with Crippen molar-refractivity contribution in [3.8, 4) is 5.75 Å². The van der Waals surface area contributed by atoms with Gasteiger partial charge in [-0.1, -0.05) is 0 Å². The summed E-state index contributed by atoms with van der Waals surface area (Å²) in [5.74, 6) is -4.45. The highest BCUT2D eigenvalue weighted by Crippen LogP contribution is 2.20. The van der Waals surface area contributed by atoms with Gasteiger partial charge in [0.2, 0.25) is 0 Å². The molecule has 2 rings (SSSR count). The van der Waals surface area contributed by atoms with E-state index in [9.17, 15) is 18.4 Å². The first-order valence-corrected chi connectivity index (χ1v) is 5.71. The lowest BCUT2D eigenvalue weighted by molar-refractivity contribution is 0.0696. The number of hydrogen-bond donors (Lipinski definition) is 3. The monoisotopic (exact) mass is 293 g/mol. The van der Waals surface area contributed by atoms with Crippen LogP contribution in [0.25, 0.3) is 0 Å². The Morgan fingerprint density at radius 1 is 1.00 bits per heavy atom. The molecule has 3 N–H and O–H groups in total. The number of halogens is 2. The molecule has 7 heteroatoms. The van der Waals surface area contributed by atoms with E-state index in [1.165, 1.54) is 0 Å². The molecule has 0 heterocycles. The molecule has 0 unspecified atom stereocenters. The maximum absolute atomic E-state index is 13.5. The predicted molar refractivity (Wildman–Crippen MR) is 69.4 cm³/mol. The van der Waals surface area contributed by atoms with Crippen molar-refractivity contribution in [2.45, 2.75) is 0 Å². The fourth-order valence-electron chi connectivity index (χ4n) is 1.63. The van der Waals surface area contributed by atoms with Crippen molar-refractivity contribution in [1.29, 1.82) is 0 Å². The number of carbonyl (C=O) groups excluding carboxylic acids is 1. The van der Waals surface area contributed by atoms with Crippen molar-refractivity contribution >= 4 is 17.6 Å². The number of aromatic carboxylic acids is 1. The summed E-state index contributed by atoms with van der Waals surface area (Å²) in [5, 5.41) is 19.9. The third-order valence-corrected chi connectivity index (χ3v) is 2.66. The summed E-state index contributed by atoms with van der Waals surface area (Å²) < 4.78 is 27.0. The Balaban J connectivity index is 2.31. The van der Waals surface area contributed by atoms with Gasteiger partial charge >= 0.3 is 5.97 Å². The van der Waals surface area contributed by atoms with Gasteiger partial charge in [0, 0.05) is 6.07 Å². The van der Waals surface area contributed by atoms with Crippen molar-refractivity contribution in [3.63, 3.8) is 0 Å². The summed E-state index contributed by atoms with van der Waals surface area (Å²) in [5.41, 5.74) is -1.02. The third kappa shape index (κ3) is 3.14. The van der Waals surface area contributed by atoms with Gasteiger partial charge in [-0.25, -0.2) is 13.6 Å². The molecule has 1 amide bonds. The van der Waals surface area contributed by atoms with Gasteiger partial charge in [-0.3, -0.25) is 4.79 Å². The van der Waals surface area contributed by atoms with Crippen molar-refractivity contribution < 1.29 is 28.6 Å². The maximum Gasteiger partial charge on any atom is 0.335 e. The number of hydrogen-bond acceptors (Lipinski definition) is 3. The number of carboxylic acids is 1. The van der Waals surface area contributed by atoms with Gasteiger partial charge in [0.15, 0.2) is 0 Å². The summed E-state index contributed by atoms with van der Waals surface area (Å²) in [6.07, 6.45) is 0. The molecule has 0 atom stereocenters. The predicted octanol–water partition coefficient (Wildman–Crippen LogP) is 2.62. The Hall–Kier alpha value is -2.96. The van der Waals surface area contributed by atoms with E-state index >= 15 is 0 Å². The molecule has 0 fully saturated rings. The topological polar surface area (TPSA) is 86.6 Å². The SMILES string of the molecule is O=C(O)c1ccc(F)c(NC(=O)c2ccc(O)cc2F)c1. The number of anilines is 1. The molecule has 0 spiro atoms. The van der Waals surface area contributed by atoms with Crippen LogP contribution >= 0.6 is 0 Å². The second-order valence-electron chi connectivity index (χ2n) is 4.12. The molecule has 0 saturated heterocycles. The molecule has 5 nitrogen and oxygen atoms in total. The minimum atomic E-state index is -1.29. The van der Waals surface area contributed by atoms with E-state index in [2.05, 4.69) is 5.32 Å². The third-order valence-electron chi connectivity index (χ3n) is 2.66. The lowest BCUT2D eigenvalue weighted by Crippen LogP contribution is -2.15. The first-order chi connectivity index (χ1) is 9.88. The molecular weight excluding hydrogens is 284 g/mol. The highest BCUT2D eigenvalue weighted by molar-refractivity contribution is 6.05. The maximum atomic E-state index is 13.5. The standard InChI is InChI=1S/C14H9F2NO4/c15-10-4-1-7(14(20)21)5-12(10)17-13(19)9-3-2-8(18)6-11(9)16/h1-6,18H,(H,17,19)(H,20,21). The Morgan fingerprint density at radius 2 is 1.71 bits per heavy atom. The number of rotatable bonds is 3. The zero-order valence-electron chi connectivity index (χ0n) is 10.4. The number of aromatic hydroxyl groups is 1. The van der Waals surface area contributed by atoms with Crippen molar-refractivity contribution in [2.75, 3.05) is 5.32 Å². The van der Waals surface area contributed by atoms with Gasteiger partial charge in [0.1, 0.15) is 17.4 Å². The van der Waals surface area contributed by atoms with Gasteiger partial charge in [0.25, 0.3) is 5.91 Å². The zero-order valence-corrected chi connectivity index (χ0v) is 10.4. The molecule has 0 aliphatic heterocycles. The molecule has 0 bridgehead atoms. The highest BCUT2D eigenvalue weighted by atomic mass is 19.1. The van der Waals surface area contributed by atoms with Crippen LogP contribution in [0.15, 0.2) is 36.4 Å². The van der Waals surface area contributed by atoms with Crippen LogP contribution in [0.3, 0.4) is 0 Å². The summed E-state index contributed by atoms with van der Waals surface area (Å²) in [4.78, 5) is 22.6. The summed E-state index contributed by atoms with van der Waals surface area (Å²) in [6, 6.07) is 5.70. The lowest BCUT2D eigenvalue weighted by atomic mass is 10.1. The molecular formula is C14H9F2NO4. The van der Waals surface area contributed by atoms with E-state index in [-0.39, 0.29) is 17.0 Å². The van der Waals surface area contributed by atoms with E-state index in [1.54, 1.807) is 0 Å². The number of phenolic OH excluding ortho intramolecular Hbond substituents is 1. The second-order valence-corrected chi connectivity index (χ2v) is 4.12. The largest absolute Gasteiger partial charge is 0.508 e. The normalized spacial score (nSPS) is 10.2. The Kier molecular flexibility index (Phi) is 3.84. The Bertz CT molecular complexity index is 731. The molecule has 0 aliphatic carbocycles. The number of amides is 1. The van der Waals surface area contributed by atoms with Gasteiger partial charge in [-0.05, 0) is 30.3 Å². The first kappa shape index (κ1) is 14.4. The minimum absolute atomic E-state index is 0.224. The Labute approximate surface area is 117 Å². The van der Waals surface area contributed by atoms with Crippen molar-refractivity contribution in [3.05, 3.63) is 59.2 Å². The smallest absolute Gasteiger partial charge is 0.335 e. The van der Waals surface area contributed by atoms with E-state index in [0.717, 1.165) is 36.4 Å². The van der Waals surface area contributed by atoms with Crippen LogP contribution in [0.4, 0.5) is 14.5 Å². The first-order valence-electron chi connectivity index (χ1n) is 5.71. The zero-order chi connectivity index (χ0) is 15.6. The van der Waals surface area contributed by atoms with Crippen LogP contribution in [0.2, 0.25) is 0 Å². The average molecular weight is 293 g/mol. The number of nitrogens with one attached hydrogen (secondary N) is 1. The number of benzene rings is 2. The summed E-state index contributed by atoms with van der Waals surface area (Å²) in [6.45, 7) is 0. The molecule has 21 heavy (non-hydrogen) atoms. The molecule has 2 aromatic rings. The van der Waals surface area contributed by atoms with Gasteiger partial charge in [0.05, 0.1) is 16.8 Å². The van der Waals surface area contributed by atoms with Crippen LogP contribution in [-0.4, -0.2) is 22.1 Å². The fourth-order valence-corrected chi connectivity index (χ4v) is 1.63. The fraction of sp³-hybridized carbons (Fsp3) is 0. The van der Waals surface area contributed by atoms with E-state index in [0.29, 0.717) is 0 Å². The van der Waals surface area contributed by atoms with Crippen LogP contribution in [0.1, 0.15) is 20.7 Å².